The predicted octanol–water partition coefficient (Wildman–Crippen LogP) is 7.59. The number of aromatic nitrogens is 2. The molecule has 1 amide bonds. The van der Waals surface area contributed by atoms with Crippen molar-refractivity contribution in [3.05, 3.63) is 120 Å². The number of hydrogen-bond donors (Lipinski definition) is 1. The van der Waals surface area contributed by atoms with E-state index < -0.39 is 6.09 Å². The van der Waals surface area contributed by atoms with E-state index in [1.165, 1.54) is 5.69 Å². The van der Waals surface area contributed by atoms with Crippen LogP contribution in [0.2, 0.25) is 0 Å². The number of para-hydroxylation sites is 1. The molecule has 6 rings (SSSR count). The summed E-state index contributed by atoms with van der Waals surface area (Å²) >= 11 is 0. The van der Waals surface area contributed by atoms with E-state index >= 15 is 0 Å². The molecular weight excluding hydrogens is 548 g/mol. The van der Waals surface area contributed by atoms with Crippen LogP contribution in [-0.2, 0) is 0 Å². The fourth-order valence-corrected chi connectivity index (χ4v) is 5.48. The molecule has 2 heterocycles. The molecule has 1 fully saturated rings. The molecule has 1 aliphatic rings. The number of hydrogen-bond acceptors (Lipinski definition) is 7. The third-order valence-corrected chi connectivity index (χ3v) is 7.87. The van der Waals surface area contributed by atoms with E-state index in [9.17, 15) is 4.79 Å². The Morgan fingerprint density at radius 1 is 0.795 bits per heavy atom. The molecule has 0 atom stereocenters. The molecule has 8 heteroatoms. The number of nitrogens with one attached hydrogen (secondary N) is 1. The summed E-state index contributed by atoms with van der Waals surface area (Å²) in [6, 6.07) is 33.8. The maximum Gasteiger partial charge on any atom is 0.425 e. The SMILES string of the molecule is Cc1cccc(C)c1N(C(=O)Oc1ccnc(Nc2ccc(N3CCN(C)CC3)cc2)n1)c1cccc(-c2ccccc2)c1. The number of anilines is 5. The highest BCUT2D eigenvalue weighted by Crippen LogP contribution is 2.35. The van der Waals surface area contributed by atoms with E-state index in [4.69, 9.17) is 4.74 Å². The number of likely N-dealkylation sites (N-methyl/N-ethyl adjacent to an activating group) is 1. The molecule has 5 aromatic rings. The number of amides is 1. The second-order valence-corrected chi connectivity index (χ2v) is 11.0. The normalized spacial score (nSPS) is 13.4. The molecule has 1 saturated heterocycles. The zero-order valence-corrected chi connectivity index (χ0v) is 25.3. The Bertz CT molecular complexity index is 1710. The van der Waals surface area contributed by atoms with Gasteiger partial charge in [-0.25, -0.2) is 14.7 Å². The largest absolute Gasteiger partial charge is 0.425 e. The van der Waals surface area contributed by atoms with Gasteiger partial charge in [-0.05, 0) is 79.5 Å². The van der Waals surface area contributed by atoms with Crippen molar-refractivity contribution in [1.82, 2.24) is 14.9 Å². The van der Waals surface area contributed by atoms with Crippen LogP contribution in [0.15, 0.2) is 109 Å². The minimum Gasteiger partial charge on any atom is -0.390 e. The van der Waals surface area contributed by atoms with Gasteiger partial charge in [-0.1, -0.05) is 60.7 Å². The molecule has 44 heavy (non-hydrogen) atoms. The van der Waals surface area contributed by atoms with Gasteiger partial charge in [0, 0.05) is 49.8 Å². The summed E-state index contributed by atoms with van der Waals surface area (Å²) in [5.74, 6) is 0.490. The van der Waals surface area contributed by atoms with Crippen LogP contribution in [0.4, 0.5) is 33.5 Å². The van der Waals surface area contributed by atoms with Gasteiger partial charge < -0.3 is 19.9 Å². The summed E-state index contributed by atoms with van der Waals surface area (Å²) in [6.07, 6.45) is 1.02. The Labute approximate surface area is 258 Å². The standard InChI is InChI=1S/C36H36N6O2/c1-26-9-7-10-27(2)34(26)42(32-14-8-13-29(25-32)28-11-5-4-6-12-28)36(43)44-33-19-20-37-35(39-33)38-30-15-17-31(18-16-30)41-23-21-40(3)22-24-41/h4-20,25H,21-24H2,1-3H3,(H,37,38,39). The van der Waals surface area contributed by atoms with Crippen molar-refractivity contribution < 1.29 is 9.53 Å². The first-order valence-corrected chi connectivity index (χ1v) is 14.8. The van der Waals surface area contributed by atoms with E-state index in [1.54, 1.807) is 17.2 Å². The molecule has 4 aromatic carbocycles. The zero-order valence-electron chi connectivity index (χ0n) is 25.3. The van der Waals surface area contributed by atoms with Crippen molar-refractivity contribution in [2.24, 2.45) is 0 Å². The van der Waals surface area contributed by atoms with Gasteiger partial charge in [0.05, 0.1) is 11.4 Å². The highest BCUT2D eigenvalue weighted by Gasteiger charge is 2.25. The number of benzene rings is 4. The lowest BCUT2D eigenvalue weighted by Gasteiger charge is -2.34. The maximum absolute atomic E-state index is 14.0. The molecule has 0 radical (unpaired) electrons. The average Bonchev–Trinajstić information content (AvgIpc) is 3.04. The highest BCUT2D eigenvalue weighted by atomic mass is 16.6. The molecule has 222 valence electrons. The predicted molar refractivity (Wildman–Crippen MR) is 177 cm³/mol. The van der Waals surface area contributed by atoms with E-state index in [2.05, 4.69) is 56.4 Å². The Morgan fingerprint density at radius 3 is 2.20 bits per heavy atom. The quantitative estimate of drug-likeness (QED) is 0.211. The maximum atomic E-state index is 14.0. The first kappa shape index (κ1) is 28.9. The molecule has 0 aliphatic carbocycles. The molecule has 0 bridgehead atoms. The molecule has 0 saturated carbocycles. The fraction of sp³-hybridized carbons (Fsp3) is 0.194. The monoisotopic (exact) mass is 584 g/mol. The van der Waals surface area contributed by atoms with Crippen molar-refractivity contribution in [1.29, 1.82) is 0 Å². The topological polar surface area (TPSA) is 73.8 Å². The molecular formula is C36H36N6O2. The second kappa shape index (κ2) is 13.0. The zero-order chi connectivity index (χ0) is 30.5. The summed E-state index contributed by atoms with van der Waals surface area (Å²) in [5.41, 5.74) is 7.48. The number of carbonyl (C=O) groups excluding carboxylic acids is 1. The molecule has 8 nitrogen and oxygen atoms in total. The Morgan fingerprint density at radius 2 is 1.48 bits per heavy atom. The van der Waals surface area contributed by atoms with E-state index in [-0.39, 0.29) is 5.88 Å². The van der Waals surface area contributed by atoms with Gasteiger partial charge in [-0.3, -0.25) is 0 Å². The van der Waals surface area contributed by atoms with Gasteiger partial charge >= 0.3 is 6.09 Å². The second-order valence-electron chi connectivity index (χ2n) is 11.0. The van der Waals surface area contributed by atoms with Crippen LogP contribution in [0.3, 0.4) is 0 Å². The number of nitrogens with zero attached hydrogens (tertiary/aromatic N) is 5. The highest BCUT2D eigenvalue weighted by molar-refractivity contribution is 5.99. The lowest BCUT2D eigenvalue weighted by atomic mass is 10.0. The Hall–Kier alpha value is -5.21. The van der Waals surface area contributed by atoms with Crippen molar-refractivity contribution in [3.8, 4) is 17.0 Å². The van der Waals surface area contributed by atoms with Crippen LogP contribution in [0.25, 0.3) is 11.1 Å². The first-order chi connectivity index (χ1) is 21.4. The summed E-state index contributed by atoms with van der Waals surface area (Å²) in [7, 11) is 2.15. The van der Waals surface area contributed by atoms with Gasteiger partial charge in [0.25, 0.3) is 0 Å². The molecule has 1 N–H and O–H groups in total. The minimum absolute atomic E-state index is 0.150. The molecule has 1 aromatic heterocycles. The Balaban J connectivity index is 1.23. The van der Waals surface area contributed by atoms with Crippen LogP contribution < -0.4 is 19.9 Å². The van der Waals surface area contributed by atoms with E-state index in [1.807, 2.05) is 86.6 Å². The van der Waals surface area contributed by atoms with Gasteiger partial charge in [0.1, 0.15) is 0 Å². The van der Waals surface area contributed by atoms with Crippen molar-refractivity contribution in [3.63, 3.8) is 0 Å². The van der Waals surface area contributed by atoms with E-state index in [0.717, 1.165) is 59.8 Å². The van der Waals surface area contributed by atoms with Gasteiger partial charge in [-0.2, -0.15) is 4.98 Å². The molecule has 0 unspecified atom stereocenters. The summed E-state index contributed by atoms with van der Waals surface area (Å²) in [4.78, 5) is 29.2. The fourth-order valence-electron chi connectivity index (χ4n) is 5.48. The van der Waals surface area contributed by atoms with Gasteiger partial charge in [0.15, 0.2) is 0 Å². The number of piperazine rings is 1. The molecule has 1 aliphatic heterocycles. The van der Waals surface area contributed by atoms with Crippen LogP contribution in [0.1, 0.15) is 11.1 Å². The smallest absolute Gasteiger partial charge is 0.390 e. The number of rotatable bonds is 7. The lowest BCUT2D eigenvalue weighted by Crippen LogP contribution is -2.44. The van der Waals surface area contributed by atoms with E-state index in [0.29, 0.717) is 11.6 Å². The van der Waals surface area contributed by atoms with Crippen LogP contribution in [0.5, 0.6) is 5.88 Å². The first-order valence-electron chi connectivity index (χ1n) is 14.8. The summed E-state index contributed by atoms with van der Waals surface area (Å²) in [6.45, 7) is 8.11. The van der Waals surface area contributed by atoms with Crippen LogP contribution in [0, 0.1) is 13.8 Å². The minimum atomic E-state index is -0.561. The molecule has 0 spiro atoms. The van der Waals surface area contributed by atoms with Crippen molar-refractivity contribution in [2.75, 3.05) is 48.3 Å². The number of ether oxygens (including phenoxy) is 1. The Kier molecular flexibility index (Phi) is 8.52. The van der Waals surface area contributed by atoms with Crippen LogP contribution >= 0.6 is 0 Å². The van der Waals surface area contributed by atoms with Crippen molar-refractivity contribution in [2.45, 2.75) is 13.8 Å². The lowest BCUT2D eigenvalue weighted by molar-refractivity contribution is 0.208. The number of aryl methyl sites for hydroxylation is 2. The summed E-state index contributed by atoms with van der Waals surface area (Å²) < 4.78 is 5.91. The third kappa shape index (κ3) is 6.55. The van der Waals surface area contributed by atoms with Gasteiger partial charge in [0.2, 0.25) is 11.8 Å². The third-order valence-electron chi connectivity index (χ3n) is 7.87. The van der Waals surface area contributed by atoms with Crippen molar-refractivity contribution >= 4 is 34.8 Å². The van der Waals surface area contributed by atoms with Crippen LogP contribution in [-0.4, -0.2) is 54.2 Å². The average molecular weight is 585 g/mol. The number of carbonyl (C=O) groups is 1. The van der Waals surface area contributed by atoms with Gasteiger partial charge in [-0.15, -0.1) is 0 Å². The summed E-state index contributed by atoms with van der Waals surface area (Å²) in [5, 5.41) is 3.24.